The zero-order valence-corrected chi connectivity index (χ0v) is 18.7. The number of nitro benzene ring substituents is 1. The predicted octanol–water partition coefficient (Wildman–Crippen LogP) is 4.34. The molecule has 8 nitrogen and oxygen atoms in total. The molecular formula is C25H31N3O5. The molecule has 0 radical (unpaired) electrons. The predicted molar refractivity (Wildman–Crippen MR) is 125 cm³/mol. The number of carboxylic acid groups (broad SMARTS) is 1. The van der Waals surface area contributed by atoms with Gasteiger partial charge in [-0.05, 0) is 29.5 Å². The molecule has 2 fully saturated rings. The van der Waals surface area contributed by atoms with Crippen LogP contribution in [0.15, 0.2) is 48.5 Å². The Morgan fingerprint density at radius 1 is 1.00 bits per heavy atom. The minimum atomic E-state index is -0.881. The Balaban J connectivity index is 1.56. The Labute approximate surface area is 193 Å². The van der Waals surface area contributed by atoms with Gasteiger partial charge in [-0.15, -0.1) is 0 Å². The lowest BCUT2D eigenvalue weighted by molar-refractivity contribution is -0.384. The fraction of sp³-hybridized carbons (Fsp3) is 0.480. The lowest BCUT2D eigenvalue weighted by atomic mass is 9.72. The second-order valence-electron chi connectivity index (χ2n) is 9.22. The van der Waals surface area contributed by atoms with Gasteiger partial charge in [-0.25, -0.2) is 4.79 Å². The van der Waals surface area contributed by atoms with E-state index in [1.165, 1.54) is 11.0 Å². The van der Waals surface area contributed by atoms with Crippen molar-refractivity contribution in [2.75, 3.05) is 32.7 Å². The van der Waals surface area contributed by atoms with E-state index in [1.54, 1.807) is 12.1 Å². The number of rotatable bonds is 6. The number of piperazine rings is 1. The molecule has 1 unspecified atom stereocenters. The largest absolute Gasteiger partial charge is 0.465 e. The maximum atomic E-state index is 11.6. The van der Waals surface area contributed by atoms with Crippen LogP contribution >= 0.6 is 0 Å². The number of non-ortho nitro benzene ring substituents is 1. The first-order valence-corrected chi connectivity index (χ1v) is 11.6. The number of carbonyl (C=O) groups is 1. The van der Waals surface area contributed by atoms with E-state index >= 15 is 0 Å². The SMILES string of the molecule is O=C(O)N1CCN(CC(c2ccc(-c3cccc([N+](=O)[O-])c3)cc2)C2(O)CCCCC2)CC1. The first-order valence-electron chi connectivity index (χ1n) is 11.6. The topological polar surface area (TPSA) is 107 Å². The van der Waals surface area contributed by atoms with Crippen LogP contribution in [0.2, 0.25) is 0 Å². The Morgan fingerprint density at radius 3 is 2.27 bits per heavy atom. The molecule has 2 aliphatic rings. The second kappa shape index (κ2) is 9.89. The highest BCUT2D eigenvalue weighted by atomic mass is 16.6. The maximum Gasteiger partial charge on any atom is 0.407 e. The van der Waals surface area contributed by atoms with Crippen molar-refractivity contribution in [3.05, 3.63) is 64.2 Å². The molecule has 2 aromatic rings. The summed E-state index contributed by atoms with van der Waals surface area (Å²) in [5, 5.41) is 32.0. The highest BCUT2D eigenvalue weighted by Gasteiger charge is 2.40. The maximum absolute atomic E-state index is 11.6. The highest BCUT2D eigenvalue weighted by molar-refractivity contribution is 5.66. The van der Waals surface area contributed by atoms with E-state index in [1.807, 2.05) is 30.3 Å². The number of benzene rings is 2. The van der Waals surface area contributed by atoms with Gasteiger partial charge in [-0.1, -0.05) is 55.7 Å². The molecule has 1 aliphatic heterocycles. The van der Waals surface area contributed by atoms with Gasteiger partial charge in [0, 0.05) is 50.8 Å². The van der Waals surface area contributed by atoms with Crippen LogP contribution < -0.4 is 0 Å². The summed E-state index contributed by atoms with van der Waals surface area (Å²) >= 11 is 0. The Kier molecular flexibility index (Phi) is 6.95. The molecule has 1 heterocycles. The smallest absolute Gasteiger partial charge is 0.407 e. The van der Waals surface area contributed by atoms with Crippen LogP contribution in [0.5, 0.6) is 0 Å². The van der Waals surface area contributed by atoms with Gasteiger partial charge in [-0.3, -0.25) is 15.0 Å². The Hall–Kier alpha value is -2.97. The summed E-state index contributed by atoms with van der Waals surface area (Å²) in [5.74, 6) is -0.0756. The lowest BCUT2D eigenvalue weighted by Gasteiger charge is -2.43. The van der Waals surface area contributed by atoms with Crippen LogP contribution in [0.1, 0.15) is 43.6 Å². The molecule has 0 spiro atoms. The van der Waals surface area contributed by atoms with E-state index in [2.05, 4.69) is 4.90 Å². The van der Waals surface area contributed by atoms with E-state index in [0.29, 0.717) is 32.7 Å². The number of amides is 1. The molecule has 8 heteroatoms. The summed E-state index contributed by atoms with van der Waals surface area (Å²) in [7, 11) is 0. The molecule has 0 aromatic heterocycles. The van der Waals surface area contributed by atoms with E-state index in [4.69, 9.17) is 0 Å². The highest BCUT2D eigenvalue weighted by Crippen LogP contribution is 2.41. The zero-order valence-electron chi connectivity index (χ0n) is 18.7. The molecule has 176 valence electrons. The van der Waals surface area contributed by atoms with Crippen LogP contribution in [0.3, 0.4) is 0 Å². The summed E-state index contributed by atoms with van der Waals surface area (Å²) in [6.07, 6.45) is 3.79. The van der Waals surface area contributed by atoms with Gasteiger partial charge < -0.3 is 15.1 Å². The molecule has 1 aliphatic carbocycles. The summed E-state index contributed by atoms with van der Waals surface area (Å²) in [5.41, 5.74) is 2.01. The summed E-state index contributed by atoms with van der Waals surface area (Å²) in [6.45, 7) is 2.95. The number of nitrogens with zero attached hydrogens (tertiary/aromatic N) is 3. The normalized spacial score (nSPS) is 19.7. The molecule has 1 amide bonds. The van der Waals surface area contributed by atoms with Crippen molar-refractivity contribution in [3.63, 3.8) is 0 Å². The van der Waals surface area contributed by atoms with Crippen molar-refractivity contribution in [3.8, 4) is 11.1 Å². The van der Waals surface area contributed by atoms with Gasteiger partial charge in [-0.2, -0.15) is 0 Å². The van der Waals surface area contributed by atoms with Gasteiger partial charge in [0.25, 0.3) is 5.69 Å². The van der Waals surface area contributed by atoms with E-state index in [9.17, 15) is 25.1 Å². The summed E-state index contributed by atoms with van der Waals surface area (Å²) in [6, 6.07) is 14.6. The second-order valence-corrected chi connectivity index (χ2v) is 9.22. The van der Waals surface area contributed by atoms with Gasteiger partial charge in [0.15, 0.2) is 0 Å². The lowest BCUT2D eigenvalue weighted by Crippen LogP contribution is -2.51. The number of hydrogen-bond donors (Lipinski definition) is 2. The molecule has 1 saturated carbocycles. The molecule has 1 saturated heterocycles. The van der Waals surface area contributed by atoms with Crippen LogP contribution in [0.25, 0.3) is 11.1 Å². The quantitative estimate of drug-likeness (QED) is 0.498. The monoisotopic (exact) mass is 453 g/mol. The van der Waals surface area contributed by atoms with Crippen molar-refractivity contribution in [2.24, 2.45) is 0 Å². The van der Waals surface area contributed by atoms with Crippen molar-refractivity contribution in [2.45, 2.75) is 43.6 Å². The molecular weight excluding hydrogens is 422 g/mol. The van der Waals surface area contributed by atoms with Gasteiger partial charge >= 0.3 is 6.09 Å². The molecule has 4 rings (SSSR count). The Morgan fingerprint density at radius 2 is 1.67 bits per heavy atom. The third-order valence-corrected chi connectivity index (χ3v) is 7.15. The van der Waals surface area contributed by atoms with Gasteiger partial charge in [0.2, 0.25) is 0 Å². The first kappa shape index (κ1) is 23.2. The van der Waals surface area contributed by atoms with Crippen LogP contribution in [0.4, 0.5) is 10.5 Å². The number of hydrogen-bond acceptors (Lipinski definition) is 5. The van der Waals surface area contributed by atoms with Crippen molar-refractivity contribution in [1.82, 2.24) is 9.80 Å². The average molecular weight is 454 g/mol. The summed E-state index contributed by atoms with van der Waals surface area (Å²) < 4.78 is 0. The fourth-order valence-corrected chi connectivity index (χ4v) is 5.18. The van der Waals surface area contributed by atoms with Crippen molar-refractivity contribution < 1.29 is 19.9 Å². The Bertz CT molecular complexity index is 980. The standard InChI is InChI=1S/C25H31N3O5/c29-24(30)27-15-13-26(14-16-27)18-23(25(31)11-2-1-3-12-25)20-9-7-19(8-10-20)21-5-4-6-22(17-21)28(32)33/h4-10,17,23,31H,1-3,11-16,18H2,(H,29,30). The fourth-order valence-electron chi connectivity index (χ4n) is 5.18. The number of nitro groups is 1. The minimum Gasteiger partial charge on any atom is -0.465 e. The van der Waals surface area contributed by atoms with Crippen molar-refractivity contribution in [1.29, 1.82) is 0 Å². The minimum absolute atomic E-state index is 0.0615. The third-order valence-electron chi connectivity index (χ3n) is 7.15. The van der Waals surface area contributed by atoms with Crippen molar-refractivity contribution >= 4 is 11.8 Å². The van der Waals surface area contributed by atoms with Crippen LogP contribution in [-0.2, 0) is 0 Å². The van der Waals surface area contributed by atoms with Crippen LogP contribution in [-0.4, -0.2) is 69.4 Å². The average Bonchev–Trinajstić information content (AvgIpc) is 2.83. The first-order chi connectivity index (χ1) is 15.9. The number of aliphatic hydroxyl groups is 1. The van der Waals surface area contributed by atoms with Gasteiger partial charge in [0.05, 0.1) is 10.5 Å². The third kappa shape index (κ3) is 5.34. The zero-order chi connectivity index (χ0) is 23.4. The molecule has 1 atom stereocenters. The molecule has 2 aromatic carbocycles. The van der Waals surface area contributed by atoms with E-state index in [-0.39, 0.29) is 11.6 Å². The van der Waals surface area contributed by atoms with E-state index in [0.717, 1.165) is 48.8 Å². The molecule has 0 bridgehead atoms. The molecule has 2 N–H and O–H groups in total. The van der Waals surface area contributed by atoms with Gasteiger partial charge in [0.1, 0.15) is 0 Å². The molecule has 33 heavy (non-hydrogen) atoms. The van der Waals surface area contributed by atoms with Crippen LogP contribution in [0, 0.1) is 10.1 Å². The van der Waals surface area contributed by atoms with E-state index < -0.39 is 16.6 Å². The summed E-state index contributed by atoms with van der Waals surface area (Å²) in [4.78, 5) is 25.7.